The van der Waals surface area contributed by atoms with Gasteiger partial charge in [-0.15, -0.1) is 0 Å². The van der Waals surface area contributed by atoms with Crippen LogP contribution < -0.4 is 5.32 Å². The molecule has 1 aliphatic carbocycles. The minimum absolute atomic E-state index is 0.159. The van der Waals surface area contributed by atoms with Crippen LogP contribution in [0.5, 0.6) is 0 Å². The first-order chi connectivity index (χ1) is 9.28. The predicted octanol–water partition coefficient (Wildman–Crippen LogP) is 2.86. The Morgan fingerprint density at radius 1 is 1.32 bits per heavy atom. The molecule has 0 atom stereocenters. The molecule has 1 aromatic carbocycles. The second kappa shape index (κ2) is 4.99. The third-order valence-electron chi connectivity index (χ3n) is 4.20. The molecule has 1 aromatic heterocycles. The molecule has 3 heteroatoms. The molecule has 19 heavy (non-hydrogen) atoms. The van der Waals surface area contributed by atoms with E-state index in [2.05, 4.69) is 24.4 Å². The normalized spacial score (nSPS) is 16.9. The molecule has 0 bridgehead atoms. The van der Waals surface area contributed by atoms with Crippen LogP contribution in [0.4, 0.5) is 0 Å². The van der Waals surface area contributed by atoms with E-state index in [0.29, 0.717) is 6.61 Å². The van der Waals surface area contributed by atoms with Crippen LogP contribution in [0.15, 0.2) is 28.7 Å². The fourth-order valence-electron chi connectivity index (χ4n) is 2.65. The van der Waals surface area contributed by atoms with Crippen molar-refractivity contribution < 1.29 is 9.52 Å². The van der Waals surface area contributed by atoms with E-state index >= 15 is 0 Å². The van der Waals surface area contributed by atoms with E-state index in [1.165, 1.54) is 10.9 Å². The van der Waals surface area contributed by atoms with Crippen LogP contribution >= 0.6 is 0 Å². The standard InChI is InChI=1S/C16H21NO2/c1-2-14-13(9-17-10-16(11-18)7-8-16)12-5-3-4-6-15(12)19-14/h3-6,17-18H,2,7-11H2,1H3. The zero-order chi connectivity index (χ0) is 13.3. The summed E-state index contributed by atoms with van der Waals surface area (Å²) >= 11 is 0. The number of rotatable bonds is 6. The number of aliphatic hydroxyl groups excluding tert-OH is 1. The van der Waals surface area contributed by atoms with Crippen LogP contribution in [0.3, 0.4) is 0 Å². The highest BCUT2D eigenvalue weighted by Crippen LogP contribution is 2.44. The first-order valence-electron chi connectivity index (χ1n) is 7.09. The molecule has 1 saturated carbocycles. The Balaban J connectivity index is 1.76. The van der Waals surface area contributed by atoms with Gasteiger partial charge in [0, 0.05) is 42.5 Å². The van der Waals surface area contributed by atoms with E-state index in [9.17, 15) is 5.11 Å². The summed E-state index contributed by atoms with van der Waals surface area (Å²) in [6, 6.07) is 8.20. The largest absolute Gasteiger partial charge is 0.461 e. The zero-order valence-corrected chi connectivity index (χ0v) is 11.4. The molecule has 0 saturated heterocycles. The Kier molecular flexibility index (Phi) is 3.33. The van der Waals surface area contributed by atoms with E-state index in [0.717, 1.165) is 43.7 Å². The fourth-order valence-corrected chi connectivity index (χ4v) is 2.65. The molecule has 0 amide bonds. The van der Waals surface area contributed by atoms with Gasteiger partial charge in [0.05, 0.1) is 0 Å². The van der Waals surface area contributed by atoms with Gasteiger partial charge in [0.2, 0.25) is 0 Å². The summed E-state index contributed by atoms with van der Waals surface area (Å²) in [5, 5.41) is 14.0. The second-order valence-corrected chi connectivity index (χ2v) is 5.62. The average molecular weight is 259 g/mol. The average Bonchev–Trinajstić information content (AvgIpc) is 3.14. The highest BCUT2D eigenvalue weighted by atomic mass is 16.3. The van der Waals surface area contributed by atoms with Gasteiger partial charge in [0.15, 0.2) is 0 Å². The quantitative estimate of drug-likeness (QED) is 0.838. The summed E-state index contributed by atoms with van der Waals surface area (Å²) in [5.41, 5.74) is 2.40. The van der Waals surface area contributed by atoms with Gasteiger partial charge >= 0.3 is 0 Å². The lowest BCUT2D eigenvalue weighted by Gasteiger charge is -2.12. The van der Waals surface area contributed by atoms with E-state index in [-0.39, 0.29) is 5.41 Å². The van der Waals surface area contributed by atoms with Crippen molar-refractivity contribution in [2.24, 2.45) is 5.41 Å². The van der Waals surface area contributed by atoms with E-state index < -0.39 is 0 Å². The number of aliphatic hydroxyl groups is 1. The van der Waals surface area contributed by atoms with E-state index in [4.69, 9.17) is 4.42 Å². The lowest BCUT2D eigenvalue weighted by atomic mass is 10.1. The van der Waals surface area contributed by atoms with Crippen LogP contribution in [0.1, 0.15) is 31.1 Å². The molecule has 1 fully saturated rings. The van der Waals surface area contributed by atoms with Gasteiger partial charge in [0.1, 0.15) is 11.3 Å². The Hall–Kier alpha value is -1.32. The maximum Gasteiger partial charge on any atom is 0.134 e. The number of fused-ring (bicyclic) bond motifs is 1. The van der Waals surface area contributed by atoms with Gasteiger partial charge in [-0.05, 0) is 18.9 Å². The second-order valence-electron chi connectivity index (χ2n) is 5.62. The van der Waals surface area contributed by atoms with Crippen LogP contribution in [0.25, 0.3) is 11.0 Å². The Bertz CT molecular complexity index is 569. The van der Waals surface area contributed by atoms with Crippen molar-refractivity contribution in [3.05, 3.63) is 35.6 Å². The summed E-state index contributed by atoms with van der Waals surface area (Å²) in [4.78, 5) is 0. The summed E-state index contributed by atoms with van der Waals surface area (Å²) in [5.74, 6) is 1.07. The molecule has 0 radical (unpaired) electrons. The molecule has 102 valence electrons. The molecule has 1 heterocycles. The monoisotopic (exact) mass is 259 g/mol. The lowest BCUT2D eigenvalue weighted by molar-refractivity contribution is 0.207. The van der Waals surface area contributed by atoms with Crippen LogP contribution in [0.2, 0.25) is 0 Å². The van der Waals surface area contributed by atoms with Gasteiger partial charge in [-0.25, -0.2) is 0 Å². The maximum absolute atomic E-state index is 9.33. The number of benzene rings is 1. The van der Waals surface area contributed by atoms with Crippen LogP contribution in [0, 0.1) is 5.41 Å². The maximum atomic E-state index is 9.33. The first-order valence-corrected chi connectivity index (χ1v) is 7.09. The number of hydrogen-bond acceptors (Lipinski definition) is 3. The van der Waals surface area contributed by atoms with Crippen molar-refractivity contribution in [3.8, 4) is 0 Å². The third kappa shape index (κ3) is 2.40. The molecular formula is C16H21NO2. The van der Waals surface area contributed by atoms with E-state index in [1.807, 2.05) is 12.1 Å². The molecule has 2 N–H and O–H groups in total. The molecule has 0 spiro atoms. The predicted molar refractivity (Wildman–Crippen MR) is 76.1 cm³/mol. The van der Waals surface area contributed by atoms with Crippen LogP contribution in [-0.4, -0.2) is 18.3 Å². The van der Waals surface area contributed by atoms with Crippen molar-refractivity contribution in [1.82, 2.24) is 5.32 Å². The van der Waals surface area contributed by atoms with E-state index in [1.54, 1.807) is 0 Å². The fraction of sp³-hybridized carbons (Fsp3) is 0.500. The van der Waals surface area contributed by atoms with Crippen molar-refractivity contribution in [3.63, 3.8) is 0 Å². The summed E-state index contributed by atoms with van der Waals surface area (Å²) < 4.78 is 5.88. The Morgan fingerprint density at radius 3 is 2.79 bits per heavy atom. The minimum atomic E-state index is 0.159. The molecule has 0 aliphatic heterocycles. The van der Waals surface area contributed by atoms with Gasteiger partial charge in [0.25, 0.3) is 0 Å². The highest BCUT2D eigenvalue weighted by molar-refractivity contribution is 5.82. The Morgan fingerprint density at radius 2 is 2.11 bits per heavy atom. The Labute approximate surface area is 113 Å². The topological polar surface area (TPSA) is 45.4 Å². The molecule has 3 rings (SSSR count). The smallest absolute Gasteiger partial charge is 0.134 e. The SMILES string of the molecule is CCc1oc2ccccc2c1CNCC1(CO)CC1. The van der Waals surface area contributed by atoms with Gasteiger partial charge in [-0.3, -0.25) is 0 Å². The lowest BCUT2D eigenvalue weighted by Crippen LogP contribution is -2.26. The first kappa shape index (κ1) is 12.7. The van der Waals surface area contributed by atoms with Crippen LogP contribution in [-0.2, 0) is 13.0 Å². The molecule has 3 nitrogen and oxygen atoms in total. The van der Waals surface area contributed by atoms with Crippen molar-refractivity contribution in [2.45, 2.75) is 32.7 Å². The zero-order valence-electron chi connectivity index (χ0n) is 11.4. The summed E-state index contributed by atoms with van der Waals surface area (Å²) in [6.07, 6.45) is 3.20. The van der Waals surface area contributed by atoms with Crippen molar-refractivity contribution in [2.75, 3.05) is 13.2 Å². The van der Waals surface area contributed by atoms with Crippen molar-refractivity contribution in [1.29, 1.82) is 0 Å². The van der Waals surface area contributed by atoms with Gasteiger partial charge in [-0.1, -0.05) is 25.1 Å². The summed E-state index contributed by atoms with van der Waals surface area (Å²) in [6.45, 7) is 4.14. The van der Waals surface area contributed by atoms with Gasteiger partial charge < -0.3 is 14.8 Å². The third-order valence-corrected chi connectivity index (χ3v) is 4.20. The summed E-state index contributed by atoms with van der Waals surface area (Å²) in [7, 11) is 0. The number of para-hydroxylation sites is 1. The highest BCUT2D eigenvalue weighted by Gasteiger charge is 2.41. The molecule has 1 aliphatic rings. The number of furan rings is 1. The molecular weight excluding hydrogens is 238 g/mol. The van der Waals surface area contributed by atoms with Crippen molar-refractivity contribution >= 4 is 11.0 Å². The number of hydrogen-bond donors (Lipinski definition) is 2. The minimum Gasteiger partial charge on any atom is -0.461 e. The number of aryl methyl sites for hydroxylation is 1. The number of nitrogens with one attached hydrogen (secondary N) is 1. The molecule has 0 unspecified atom stereocenters. The molecule has 2 aromatic rings. The van der Waals surface area contributed by atoms with Gasteiger partial charge in [-0.2, -0.15) is 0 Å².